The van der Waals surface area contributed by atoms with Gasteiger partial charge in [-0.05, 0) is 64.1 Å². The number of anilines is 2. The van der Waals surface area contributed by atoms with Crippen molar-refractivity contribution in [2.24, 2.45) is 7.05 Å². The molecule has 3 heterocycles. The molecule has 0 spiro atoms. The second kappa shape index (κ2) is 9.29. The van der Waals surface area contributed by atoms with Gasteiger partial charge in [-0.25, -0.2) is 9.78 Å². The summed E-state index contributed by atoms with van der Waals surface area (Å²) in [6.45, 7) is 9.96. The molecule has 1 aromatic carbocycles. The van der Waals surface area contributed by atoms with Crippen LogP contribution in [0.15, 0.2) is 59.7 Å². The van der Waals surface area contributed by atoms with Crippen molar-refractivity contribution in [3.63, 3.8) is 0 Å². The summed E-state index contributed by atoms with van der Waals surface area (Å²) in [5, 5.41) is 0. The summed E-state index contributed by atoms with van der Waals surface area (Å²) >= 11 is 0. The summed E-state index contributed by atoms with van der Waals surface area (Å²) < 4.78 is 7.06. The number of rotatable bonds is 4. The van der Waals surface area contributed by atoms with Gasteiger partial charge in [0.05, 0.1) is 11.3 Å². The number of hydrogen-bond donors (Lipinski definition) is 0. The van der Waals surface area contributed by atoms with E-state index in [0.717, 1.165) is 30.9 Å². The molecule has 1 aliphatic heterocycles. The van der Waals surface area contributed by atoms with Gasteiger partial charge >= 0.3 is 5.97 Å². The zero-order valence-electron chi connectivity index (χ0n) is 20.4. The molecule has 2 aromatic heterocycles. The topological polar surface area (TPSA) is 80.6 Å². The molecule has 0 N–H and O–H groups in total. The lowest BCUT2D eigenvalue weighted by atomic mass is 10.1. The Bertz CT molecular complexity index is 1220. The second-order valence-corrected chi connectivity index (χ2v) is 9.61. The Hall–Kier alpha value is -3.68. The van der Waals surface area contributed by atoms with Gasteiger partial charge in [-0.1, -0.05) is 0 Å². The predicted octanol–water partition coefficient (Wildman–Crippen LogP) is 3.51. The van der Waals surface area contributed by atoms with E-state index in [2.05, 4.69) is 21.7 Å². The first-order valence-corrected chi connectivity index (χ1v) is 11.5. The summed E-state index contributed by atoms with van der Waals surface area (Å²) in [4.78, 5) is 38.3. The Kier molecular flexibility index (Phi) is 6.41. The van der Waals surface area contributed by atoms with Crippen LogP contribution in [-0.4, -0.2) is 51.8 Å². The Morgan fingerprint density at radius 1 is 1.06 bits per heavy atom. The van der Waals surface area contributed by atoms with Crippen molar-refractivity contribution in [2.75, 3.05) is 29.4 Å². The molecule has 8 heteroatoms. The smallest absolute Gasteiger partial charge is 0.338 e. The lowest BCUT2D eigenvalue weighted by Gasteiger charge is -2.42. The van der Waals surface area contributed by atoms with Crippen LogP contribution in [0.25, 0.3) is 11.3 Å². The Morgan fingerprint density at radius 2 is 1.74 bits per heavy atom. The number of aromatic nitrogens is 3. The van der Waals surface area contributed by atoms with Gasteiger partial charge in [-0.15, -0.1) is 0 Å². The Labute approximate surface area is 199 Å². The lowest BCUT2D eigenvalue weighted by molar-refractivity contribution is 0.00695. The van der Waals surface area contributed by atoms with E-state index in [4.69, 9.17) is 9.72 Å². The predicted molar refractivity (Wildman–Crippen MR) is 133 cm³/mol. The molecule has 1 fully saturated rings. The number of hydrogen-bond acceptors (Lipinski definition) is 7. The van der Waals surface area contributed by atoms with Crippen molar-refractivity contribution in [1.82, 2.24) is 14.5 Å². The summed E-state index contributed by atoms with van der Waals surface area (Å²) in [7, 11) is 1.76. The lowest BCUT2D eigenvalue weighted by Crippen LogP contribution is -2.53. The highest BCUT2D eigenvalue weighted by Crippen LogP contribution is 2.25. The summed E-state index contributed by atoms with van der Waals surface area (Å²) in [6.07, 6.45) is 3.40. The fourth-order valence-electron chi connectivity index (χ4n) is 4.09. The van der Waals surface area contributed by atoms with E-state index < -0.39 is 5.60 Å². The van der Waals surface area contributed by atoms with Crippen molar-refractivity contribution in [3.05, 3.63) is 70.8 Å². The quantitative estimate of drug-likeness (QED) is 0.550. The van der Waals surface area contributed by atoms with Gasteiger partial charge in [0, 0.05) is 62.4 Å². The van der Waals surface area contributed by atoms with Gasteiger partial charge < -0.3 is 14.5 Å². The molecule has 0 amide bonds. The van der Waals surface area contributed by atoms with E-state index in [0.29, 0.717) is 17.2 Å². The Morgan fingerprint density at radius 3 is 2.35 bits per heavy atom. The largest absolute Gasteiger partial charge is 0.456 e. The maximum Gasteiger partial charge on any atom is 0.338 e. The summed E-state index contributed by atoms with van der Waals surface area (Å²) in [6, 6.07) is 12.9. The first kappa shape index (κ1) is 23.5. The average molecular weight is 462 g/mol. The number of piperazine rings is 1. The molecular weight excluding hydrogens is 430 g/mol. The second-order valence-electron chi connectivity index (χ2n) is 9.61. The monoisotopic (exact) mass is 461 g/mol. The number of esters is 1. The number of carbonyl (C=O) groups is 1. The van der Waals surface area contributed by atoms with Crippen molar-refractivity contribution in [3.8, 4) is 11.3 Å². The maximum atomic E-state index is 12.7. The van der Waals surface area contributed by atoms with Crippen molar-refractivity contribution >= 4 is 17.6 Å². The van der Waals surface area contributed by atoms with Gasteiger partial charge in [0.15, 0.2) is 0 Å². The molecule has 8 nitrogen and oxygen atoms in total. The van der Waals surface area contributed by atoms with Crippen LogP contribution in [0.1, 0.15) is 38.1 Å². The van der Waals surface area contributed by atoms with Crippen LogP contribution in [0, 0.1) is 0 Å². The standard InChI is InChI=1S/C26H31N5O3/c1-18-17-30(21-8-6-20(7-9-21)24(33)34-26(2,3)4)14-15-31(18)25-28-22(16-23(32)29(25)5)19-10-12-27-13-11-19/h6-13,16,18H,14-15,17H2,1-5H3/t18-/m1/s1. The van der Waals surface area contributed by atoms with Crippen LogP contribution in [0.3, 0.4) is 0 Å². The van der Waals surface area contributed by atoms with E-state index in [9.17, 15) is 9.59 Å². The van der Waals surface area contributed by atoms with E-state index in [1.54, 1.807) is 30.1 Å². The molecular formula is C26H31N5O3. The fourth-order valence-corrected chi connectivity index (χ4v) is 4.09. The first-order valence-electron chi connectivity index (χ1n) is 11.5. The normalized spacial score (nSPS) is 16.4. The van der Waals surface area contributed by atoms with Crippen LogP contribution >= 0.6 is 0 Å². The highest BCUT2D eigenvalue weighted by molar-refractivity contribution is 5.90. The van der Waals surface area contributed by atoms with Crippen molar-refractivity contribution < 1.29 is 9.53 Å². The molecule has 178 valence electrons. The molecule has 3 aromatic rings. The van der Waals surface area contributed by atoms with E-state index in [1.807, 2.05) is 57.2 Å². The highest BCUT2D eigenvalue weighted by atomic mass is 16.6. The zero-order chi connectivity index (χ0) is 24.5. The molecule has 0 radical (unpaired) electrons. The van der Waals surface area contributed by atoms with E-state index in [-0.39, 0.29) is 17.6 Å². The maximum absolute atomic E-state index is 12.7. The van der Waals surface area contributed by atoms with E-state index in [1.165, 1.54) is 0 Å². The van der Waals surface area contributed by atoms with Gasteiger partial charge in [0.1, 0.15) is 5.60 Å². The van der Waals surface area contributed by atoms with Crippen LogP contribution in [-0.2, 0) is 11.8 Å². The number of carbonyl (C=O) groups excluding carboxylic acids is 1. The SMILES string of the molecule is C[C@@H]1CN(c2ccc(C(=O)OC(C)(C)C)cc2)CCN1c1nc(-c2ccncc2)cc(=O)n1C. The van der Waals surface area contributed by atoms with Gasteiger partial charge in [-0.3, -0.25) is 14.3 Å². The molecule has 0 unspecified atom stereocenters. The molecule has 4 rings (SSSR count). The number of benzene rings is 1. The molecule has 0 bridgehead atoms. The minimum atomic E-state index is -0.523. The molecule has 1 saturated heterocycles. The molecule has 34 heavy (non-hydrogen) atoms. The molecule has 1 aliphatic rings. The van der Waals surface area contributed by atoms with Crippen LogP contribution < -0.4 is 15.4 Å². The van der Waals surface area contributed by atoms with Crippen molar-refractivity contribution in [1.29, 1.82) is 0 Å². The fraction of sp³-hybridized carbons (Fsp3) is 0.385. The molecule has 1 atom stereocenters. The minimum absolute atomic E-state index is 0.0934. The van der Waals surface area contributed by atoms with Gasteiger partial charge in [0.2, 0.25) is 5.95 Å². The third-order valence-electron chi connectivity index (χ3n) is 5.84. The highest BCUT2D eigenvalue weighted by Gasteiger charge is 2.27. The van der Waals surface area contributed by atoms with Crippen LogP contribution in [0.4, 0.5) is 11.6 Å². The third-order valence-corrected chi connectivity index (χ3v) is 5.84. The Balaban J connectivity index is 1.51. The number of ether oxygens (including phenoxy) is 1. The third kappa shape index (κ3) is 5.11. The van der Waals surface area contributed by atoms with Gasteiger partial charge in [0.25, 0.3) is 5.56 Å². The first-order chi connectivity index (χ1) is 16.1. The number of nitrogens with zero attached hydrogens (tertiary/aromatic N) is 5. The minimum Gasteiger partial charge on any atom is -0.456 e. The molecule has 0 saturated carbocycles. The van der Waals surface area contributed by atoms with Crippen LogP contribution in [0.5, 0.6) is 0 Å². The summed E-state index contributed by atoms with van der Waals surface area (Å²) in [5.74, 6) is 0.338. The molecule has 0 aliphatic carbocycles. The van der Waals surface area contributed by atoms with Crippen molar-refractivity contribution in [2.45, 2.75) is 39.3 Å². The average Bonchev–Trinajstić information content (AvgIpc) is 2.80. The van der Waals surface area contributed by atoms with Crippen LogP contribution in [0.2, 0.25) is 0 Å². The van der Waals surface area contributed by atoms with E-state index >= 15 is 0 Å². The zero-order valence-corrected chi connectivity index (χ0v) is 20.4. The summed E-state index contributed by atoms with van der Waals surface area (Å²) in [5.41, 5.74) is 2.48. The number of pyridine rings is 1. The van der Waals surface area contributed by atoms with Gasteiger partial charge in [-0.2, -0.15) is 0 Å².